The molecule has 0 saturated carbocycles. The number of benzene rings is 1. The van der Waals surface area contributed by atoms with Crippen LogP contribution in [0.5, 0.6) is 0 Å². The lowest BCUT2D eigenvalue weighted by Crippen LogP contribution is -2.32. The molecule has 0 amide bonds. The molecule has 0 aliphatic heterocycles. The molecule has 0 radical (unpaired) electrons. The number of hydrogen-bond acceptors (Lipinski definition) is 2. The molecule has 1 rings (SSSR count). The van der Waals surface area contributed by atoms with E-state index in [1.54, 1.807) is 13.8 Å². The van der Waals surface area contributed by atoms with Crippen molar-refractivity contribution < 1.29 is 22.7 Å². The Kier molecular flexibility index (Phi) is 4.02. The SMILES string of the molecule is CC(C)(CO)[C@@H](N)c1ccc(C(F)(F)F)c(F)c1. The number of aliphatic hydroxyl groups is 1. The van der Waals surface area contributed by atoms with E-state index >= 15 is 0 Å². The van der Waals surface area contributed by atoms with Gasteiger partial charge >= 0.3 is 6.18 Å². The fraction of sp³-hybridized carbons (Fsp3) is 0.500. The Balaban J connectivity index is 3.13. The lowest BCUT2D eigenvalue weighted by atomic mass is 9.81. The van der Waals surface area contributed by atoms with E-state index in [1.165, 1.54) is 0 Å². The van der Waals surface area contributed by atoms with Gasteiger partial charge in [-0.1, -0.05) is 19.9 Å². The summed E-state index contributed by atoms with van der Waals surface area (Å²) in [7, 11) is 0. The quantitative estimate of drug-likeness (QED) is 0.825. The summed E-state index contributed by atoms with van der Waals surface area (Å²) in [6, 6.07) is 1.82. The Hall–Kier alpha value is -1.14. The van der Waals surface area contributed by atoms with E-state index in [9.17, 15) is 17.6 Å². The average molecular weight is 265 g/mol. The van der Waals surface area contributed by atoms with E-state index in [1.807, 2.05) is 0 Å². The Morgan fingerprint density at radius 2 is 1.83 bits per heavy atom. The van der Waals surface area contributed by atoms with Gasteiger partial charge in [0.25, 0.3) is 0 Å². The zero-order chi connectivity index (χ0) is 14.1. The van der Waals surface area contributed by atoms with Gasteiger partial charge in [0.1, 0.15) is 5.82 Å². The maximum Gasteiger partial charge on any atom is 0.419 e. The second-order valence-corrected chi connectivity index (χ2v) is 4.86. The van der Waals surface area contributed by atoms with Gasteiger partial charge in [0, 0.05) is 18.1 Å². The monoisotopic (exact) mass is 265 g/mol. The average Bonchev–Trinajstić information content (AvgIpc) is 2.26. The zero-order valence-corrected chi connectivity index (χ0v) is 10.1. The molecule has 0 heterocycles. The number of alkyl halides is 3. The smallest absolute Gasteiger partial charge is 0.396 e. The lowest BCUT2D eigenvalue weighted by molar-refractivity contribution is -0.140. The normalized spacial score (nSPS) is 14.7. The maximum atomic E-state index is 13.4. The molecule has 0 bridgehead atoms. The van der Waals surface area contributed by atoms with Crippen LogP contribution in [0.2, 0.25) is 0 Å². The molecule has 0 fully saturated rings. The number of halogens is 4. The molecule has 102 valence electrons. The van der Waals surface area contributed by atoms with Crippen LogP contribution in [-0.2, 0) is 6.18 Å². The van der Waals surface area contributed by atoms with Crippen molar-refractivity contribution in [1.29, 1.82) is 0 Å². The summed E-state index contributed by atoms with van der Waals surface area (Å²) in [5.74, 6) is -1.36. The summed E-state index contributed by atoms with van der Waals surface area (Å²) in [4.78, 5) is 0. The van der Waals surface area contributed by atoms with Crippen molar-refractivity contribution in [2.75, 3.05) is 6.61 Å². The van der Waals surface area contributed by atoms with Gasteiger partial charge in [-0.15, -0.1) is 0 Å². The highest BCUT2D eigenvalue weighted by Crippen LogP contribution is 2.35. The summed E-state index contributed by atoms with van der Waals surface area (Å²) in [6.07, 6.45) is -4.72. The van der Waals surface area contributed by atoms with Crippen LogP contribution < -0.4 is 5.73 Å². The molecule has 0 aromatic heterocycles. The highest BCUT2D eigenvalue weighted by Gasteiger charge is 2.35. The Morgan fingerprint density at radius 1 is 1.28 bits per heavy atom. The van der Waals surface area contributed by atoms with Gasteiger partial charge in [-0.25, -0.2) is 4.39 Å². The van der Waals surface area contributed by atoms with Crippen LogP contribution in [0.4, 0.5) is 17.6 Å². The van der Waals surface area contributed by atoms with Crippen LogP contribution in [0.3, 0.4) is 0 Å². The maximum absolute atomic E-state index is 13.4. The first-order valence-corrected chi connectivity index (χ1v) is 5.32. The van der Waals surface area contributed by atoms with Crippen molar-refractivity contribution in [2.45, 2.75) is 26.1 Å². The van der Waals surface area contributed by atoms with E-state index in [-0.39, 0.29) is 12.2 Å². The molecular formula is C12H15F4NO. The first-order chi connectivity index (χ1) is 8.09. The number of rotatable bonds is 3. The second-order valence-electron chi connectivity index (χ2n) is 4.86. The molecule has 0 saturated heterocycles. The third kappa shape index (κ3) is 3.00. The highest BCUT2D eigenvalue weighted by molar-refractivity contribution is 5.29. The molecule has 1 aromatic carbocycles. The fourth-order valence-corrected chi connectivity index (χ4v) is 1.50. The predicted molar refractivity (Wildman–Crippen MR) is 59.2 cm³/mol. The molecular weight excluding hydrogens is 250 g/mol. The summed E-state index contributed by atoms with van der Waals surface area (Å²) < 4.78 is 50.5. The van der Waals surface area contributed by atoms with Gasteiger partial charge in [-0.05, 0) is 17.7 Å². The van der Waals surface area contributed by atoms with E-state index in [2.05, 4.69) is 0 Å². The fourth-order valence-electron chi connectivity index (χ4n) is 1.50. The number of nitrogens with two attached hydrogens (primary N) is 1. The van der Waals surface area contributed by atoms with Crippen LogP contribution in [0.15, 0.2) is 18.2 Å². The number of hydrogen-bond donors (Lipinski definition) is 2. The Labute approximate surface area is 102 Å². The van der Waals surface area contributed by atoms with Crippen LogP contribution in [0.1, 0.15) is 31.0 Å². The Bertz CT molecular complexity index is 429. The van der Waals surface area contributed by atoms with Gasteiger partial charge in [0.15, 0.2) is 0 Å². The molecule has 2 nitrogen and oxygen atoms in total. The van der Waals surface area contributed by atoms with E-state index < -0.39 is 29.0 Å². The molecule has 0 spiro atoms. The minimum Gasteiger partial charge on any atom is -0.396 e. The van der Waals surface area contributed by atoms with Crippen molar-refractivity contribution in [2.24, 2.45) is 11.1 Å². The largest absolute Gasteiger partial charge is 0.419 e. The summed E-state index contributed by atoms with van der Waals surface area (Å²) >= 11 is 0. The lowest BCUT2D eigenvalue weighted by Gasteiger charge is -2.30. The molecule has 0 aliphatic rings. The minimum atomic E-state index is -4.72. The van der Waals surface area contributed by atoms with Crippen LogP contribution in [0.25, 0.3) is 0 Å². The van der Waals surface area contributed by atoms with E-state index in [0.29, 0.717) is 6.07 Å². The molecule has 1 aromatic rings. The molecule has 0 aliphatic carbocycles. The minimum absolute atomic E-state index is 0.222. The van der Waals surface area contributed by atoms with Crippen molar-refractivity contribution in [1.82, 2.24) is 0 Å². The first kappa shape index (κ1) is 14.9. The third-order valence-corrected chi connectivity index (χ3v) is 2.91. The second kappa shape index (κ2) is 4.85. The molecule has 6 heteroatoms. The van der Waals surface area contributed by atoms with Crippen molar-refractivity contribution in [3.8, 4) is 0 Å². The van der Waals surface area contributed by atoms with Crippen LogP contribution in [-0.4, -0.2) is 11.7 Å². The van der Waals surface area contributed by atoms with Gasteiger partial charge in [-0.3, -0.25) is 0 Å². The molecule has 18 heavy (non-hydrogen) atoms. The van der Waals surface area contributed by atoms with Gasteiger partial charge in [-0.2, -0.15) is 13.2 Å². The third-order valence-electron chi connectivity index (χ3n) is 2.91. The highest BCUT2D eigenvalue weighted by atomic mass is 19.4. The first-order valence-electron chi connectivity index (χ1n) is 5.32. The van der Waals surface area contributed by atoms with E-state index in [0.717, 1.165) is 12.1 Å². The summed E-state index contributed by atoms with van der Waals surface area (Å²) in [5.41, 5.74) is 3.96. The standard InChI is InChI=1S/C12H15F4NO/c1-11(2,6-18)10(17)7-3-4-8(9(13)5-7)12(14,15)16/h3-5,10,18H,6,17H2,1-2H3/t10-/m0/s1. The summed E-state index contributed by atoms with van der Waals surface area (Å²) in [5, 5.41) is 9.13. The zero-order valence-electron chi connectivity index (χ0n) is 10.1. The van der Waals surface area contributed by atoms with Gasteiger partial charge < -0.3 is 10.8 Å². The Morgan fingerprint density at radius 3 is 2.22 bits per heavy atom. The molecule has 3 N–H and O–H groups in total. The van der Waals surface area contributed by atoms with Gasteiger partial charge in [0.2, 0.25) is 0 Å². The van der Waals surface area contributed by atoms with E-state index in [4.69, 9.17) is 10.8 Å². The van der Waals surface area contributed by atoms with Gasteiger partial charge in [0.05, 0.1) is 5.56 Å². The predicted octanol–water partition coefficient (Wildman–Crippen LogP) is 2.86. The number of aliphatic hydroxyl groups excluding tert-OH is 1. The van der Waals surface area contributed by atoms with Crippen LogP contribution >= 0.6 is 0 Å². The topological polar surface area (TPSA) is 46.2 Å². The van der Waals surface area contributed by atoms with Crippen molar-refractivity contribution in [3.63, 3.8) is 0 Å². The van der Waals surface area contributed by atoms with Crippen LogP contribution in [0, 0.1) is 11.2 Å². The molecule has 1 atom stereocenters. The summed E-state index contributed by atoms with van der Waals surface area (Å²) in [6.45, 7) is 3.04. The van der Waals surface area contributed by atoms with Crippen molar-refractivity contribution >= 4 is 0 Å². The molecule has 0 unspecified atom stereocenters. The van der Waals surface area contributed by atoms with Crippen molar-refractivity contribution in [3.05, 3.63) is 35.1 Å².